The fourth-order valence-corrected chi connectivity index (χ4v) is 4.91. The number of hydrogen-bond donors (Lipinski definition) is 0. The molecular weight excluding hydrogens is 318 g/mol. The molecule has 2 aliphatic rings. The van der Waals surface area contributed by atoms with Crippen LogP contribution in [0.3, 0.4) is 0 Å². The van der Waals surface area contributed by atoms with Crippen molar-refractivity contribution in [1.29, 1.82) is 5.26 Å². The van der Waals surface area contributed by atoms with Crippen molar-refractivity contribution in [3.63, 3.8) is 0 Å². The third-order valence-electron chi connectivity index (χ3n) is 6.19. The fourth-order valence-electron chi connectivity index (χ4n) is 4.91. The van der Waals surface area contributed by atoms with Gasteiger partial charge < -0.3 is 4.90 Å². The molecule has 2 aromatic carbocycles. The van der Waals surface area contributed by atoms with Crippen molar-refractivity contribution in [2.75, 3.05) is 13.1 Å². The molecule has 0 unspecified atom stereocenters. The van der Waals surface area contributed by atoms with Crippen LogP contribution in [-0.4, -0.2) is 29.9 Å². The summed E-state index contributed by atoms with van der Waals surface area (Å²) in [6.07, 6.45) is 3.26. The van der Waals surface area contributed by atoms with Gasteiger partial charge in [0.2, 0.25) is 0 Å². The second-order valence-corrected chi connectivity index (χ2v) is 7.44. The largest absolute Gasteiger partial charge is 0.356 e. The van der Waals surface area contributed by atoms with E-state index in [0.29, 0.717) is 12.0 Å². The highest BCUT2D eigenvalue weighted by atomic mass is 15.3. The normalized spacial score (nSPS) is 22.9. The molecular formula is C23H25N3. The van der Waals surface area contributed by atoms with Crippen molar-refractivity contribution in [2.24, 2.45) is 10.9 Å². The summed E-state index contributed by atoms with van der Waals surface area (Å²) < 4.78 is 0. The molecule has 4 rings (SSSR count). The van der Waals surface area contributed by atoms with Gasteiger partial charge in [-0.05, 0) is 43.2 Å². The predicted octanol–water partition coefficient (Wildman–Crippen LogP) is 4.40. The monoisotopic (exact) mass is 343 g/mol. The molecule has 1 aliphatic heterocycles. The van der Waals surface area contributed by atoms with E-state index in [0.717, 1.165) is 49.3 Å². The second kappa shape index (κ2) is 6.96. The Kier molecular flexibility index (Phi) is 4.51. The quantitative estimate of drug-likeness (QED) is 0.825. The molecule has 1 fully saturated rings. The lowest BCUT2D eigenvalue weighted by molar-refractivity contribution is 0.313. The van der Waals surface area contributed by atoms with E-state index in [1.54, 1.807) is 0 Å². The van der Waals surface area contributed by atoms with Gasteiger partial charge in [0.15, 0.2) is 0 Å². The van der Waals surface area contributed by atoms with E-state index in [1.165, 1.54) is 0 Å². The van der Waals surface area contributed by atoms with Gasteiger partial charge >= 0.3 is 0 Å². The molecule has 0 bridgehead atoms. The van der Waals surface area contributed by atoms with Crippen molar-refractivity contribution in [3.8, 4) is 6.07 Å². The summed E-state index contributed by atoms with van der Waals surface area (Å²) in [7, 11) is 0. The van der Waals surface area contributed by atoms with Crippen molar-refractivity contribution in [3.05, 3.63) is 71.8 Å². The van der Waals surface area contributed by atoms with Crippen LogP contribution in [-0.2, 0) is 5.41 Å². The van der Waals surface area contributed by atoms with E-state index in [-0.39, 0.29) is 0 Å². The Hall–Kier alpha value is -2.60. The Morgan fingerprint density at radius 1 is 1.00 bits per heavy atom. The van der Waals surface area contributed by atoms with Gasteiger partial charge in [-0.15, -0.1) is 0 Å². The number of nitriles is 1. The zero-order valence-corrected chi connectivity index (χ0v) is 15.3. The van der Waals surface area contributed by atoms with Crippen molar-refractivity contribution < 1.29 is 0 Å². The minimum absolute atomic E-state index is 0.315. The molecule has 0 N–H and O–H groups in total. The van der Waals surface area contributed by atoms with Crippen LogP contribution in [0.1, 0.15) is 37.3 Å². The zero-order valence-electron chi connectivity index (χ0n) is 15.3. The molecule has 3 heteroatoms. The molecule has 1 saturated carbocycles. The van der Waals surface area contributed by atoms with Crippen LogP contribution in [0.4, 0.5) is 0 Å². The van der Waals surface area contributed by atoms with Crippen LogP contribution in [0.15, 0.2) is 65.7 Å². The molecule has 0 amide bonds. The summed E-state index contributed by atoms with van der Waals surface area (Å²) >= 11 is 0. The lowest BCUT2D eigenvalue weighted by atomic mass is 9.66. The average Bonchev–Trinajstić information content (AvgIpc) is 3.34. The first-order valence-corrected chi connectivity index (χ1v) is 9.55. The fraction of sp³-hybridized carbons (Fsp3) is 0.391. The molecule has 3 nitrogen and oxygen atoms in total. The van der Waals surface area contributed by atoms with Crippen LogP contribution in [0, 0.1) is 17.2 Å². The van der Waals surface area contributed by atoms with Gasteiger partial charge in [0.05, 0.1) is 18.4 Å². The number of aliphatic imine (C=N–C) groups is 1. The Morgan fingerprint density at radius 3 is 2.12 bits per heavy atom. The standard InChI is InChI=1S/C23H25N3/c1-18-25-14-15-26(18)22-13-12-21(16-22)23(17-24,19-8-4-2-5-9-19)20-10-6-3-7-11-20/h2-11,21-22H,12-16H2,1H3/t21-,22+/m0/s1. The predicted molar refractivity (Wildman–Crippen MR) is 105 cm³/mol. The van der Waals surface area contributed by atoms with Gasteiger partial charge in [-0.25, -0.2) is 0 Å². The Morgan fingerprint density at radius 2 is 1.62 bits per heavy atom. The van der Waals surface area contributed by atoms with Crippen LogP contribution < -0.4 is 0 Å². The molecule has 1 heterocycles. The van der Waals surface area contributed by atoms with Gasteiger partial charge in [-0.1, -0.05) is 60.7 Å². The van der Waals surface area contributed by atoms with Crippen molar-refractivity contribution in [1.82, 2.24) is 4.90 Å². The maximum atomic E-state index is 10.5. The topological polar surface area (TPSA) is 39.4 Å². The van der Waals surface area contributed by atoms with E-state index in [2.05, 4.69) is 47.2 Å². The van der Waals surface area contributed by atoms with Gasteiger partial charge in [-0.3, -0.25) is 4.99 Å². The van der Waals surface area contributed by atoms with E-state index in [4.69, 9.17) is 0 Å². The van der Waals surface area contributed by atoms with Gasteiger partial charge in [0, 0.05) is 12.6 Å². The summed E-state index contributed by atoms with van der Waals surface area (Å²) in [5, 5.41) is 10.5. The number of hydrogen-bond acceptors (Lipinski definition) is 3. The molecule has 2 atom stereocenters. The summed E-state index contributed by atoms with van der Waals surface area (Å²) in [5.41, 5.74) is 1.65. The van der Waals surface area contributed by atoms with E-state index in [9.17, 15) is 5.26 Å². The number of amidine groups is 1. The average molecular weight is 343 g/mol. The van der Waals surface area contributed by atoms with Crippen LogP contribution >= 0.6 is 0 Å². The summed E-state index contributed by atoms with van der Waals surface area (Å²) in [4.78, 5) is 7.02. The minimum atomic E-state index is -0.581. The number of nitrogens with zero attached hydrogens (tertiary/aromatic N) is 3. The molecule has 132 valence electrons. The third kappa shape index (κ3) is 2.70. The summed E-state index contributed by atoms with van der Waals surface area (Å²) in [5.74, 6) is 1.48. The van der Waals surface area contributed by atoms with Gasteiger partial charge in [0.25, 0.3) is 0 Å². The van der Waals surface area contributed by atoms with Crippen molar-refractivity contribution in [2.45, 2.75) is 37.6 Å². The zero-order chi connectivity index (χ0) is 18.0. The maximum absolute atomic E-state index is 10.5. The SMILES string of the molecule is CC1=NCCN1[C@@H]1CC[C@H](C(C#N)(c2ccccc2)c2ccccc2)C1. The van der Waals surface area contributed by atoms with Crippen molar-refractivity contribution >= 4 is 5.84 Å². The summed E-state index contributed by atoms with van der Waals surface area (Å²) in [6, 6.07) is 24.0. The first kappa shape index (κ1) is 16.8. The van der Waals surface area contributed by atoms with E-state index in [1.807, 2.05) is 36.4 Å². The lowest BCUT2D eigenvalue weighted by Gasteiger charge is -2.35. The van der Waals surface area contributed by atoms with Crippen LogP contribution in [0.25, 0.3) is 0 Å². The highest BCUT2D eigenvalue weighted by Crippen LogP contribution is 2.47. The molecule has 26 heavy (non-hydrogen) atoms. The molecule has 0 radical (unpaired) electrons. The van der Waals surface area contributed by atoms with E-state index >= 15 is 0 Å². The maximum Gasteiger partial charge on any atom is 0.110 e. The Bertz CT molecular complexity index is 780. The smallest absolute Gasteiger partial charge is 0.110 e. The molecule has 0 saturated heterocycles. The number of rotatable bonds is 4. The third-order valence-corrected chi connectivity index (χ3v) is 6.19. The lowest BCUT2D eigenvalue weighted by Crippen LogP contribution is -2.38. The highest BCUT2D eigenvalue weighted by Gasteiger charge is 2.47. The molecule has 2 aromatic rings. The molecule has 0 spiro atoms. The molecule has 1 aliphatic carbocycles. The second-order valence-electron chi connectivity index (χ2n) is 7.44. The van der Waals surface area contributed by atoms with E-state index < -0.39 is 5.41 Å². The van der Waals surface area contributed by atoms with Gasteiger partial charge in [-0.2, -0.15) is 5.26 Å². The van der Waals surface area contributed by atoms with Crippen LogP contribution in [0.2, 0.25) is 0 Å². The summed E-state index contributed by atoms with van der Waals surface area (Å²) in [6.45, 7) is 4.06. The minimum Gasteiger partial charge on any atom is -0.356 e. The van der Waals surface area contributed by atoms with Crippen LogP contribution in [0.5, 0.6) is 0 Å². The van der Waals surface area contributed by atoms with Gasteiger partial charge in [0.1, 0.15) is 5.41 Å². The Balaban J connectivity index is 1.73. The molecule has 0 aromatic heterocycles. The highest BCUT2D eigenvalue weighted by molar-refractivity contribution is 5.81. The Labute approximate surface area is 156 Å². The first-order valence-electron chi connectivity index (χ1n) is 9.55. The number of benzene rings is 2. The first-order chi connectivity index (χ1) is 12.8.